The molecule has 4 aromatic rings. The Bertz CT molecular complexity index is 1220. The van der Waals surface area contributed by atoms with Crippen molar-refractivity contribution in [1.29, 1.82) is 5.41 Å². The van der Waals surface area contributed by atoms with Crippen LogP contribution in [-0.2, 0) is 4.79 Å². The number of rotatable bonds is 5. The number of nitrogens with one attached hydrogen (secondary N) is 2. The lowest BCUT2D eigenvalue weighted by Crippen LogP contribution is -2.27. The number of aromatic hydroxyl groups is 1. The zero-order chi connectivity index (χ0) is 23.1. The summed E-state index contributed by atoms with van der Waals surface area (Å²) in [5, 5.41) is 21.7. The molecule has 0 aliphatic heterocycles. The first-order chi connectivity index (χ1) is 15.4. The average Bonchev–Trinajstić information content (AvgIpc) is 2.81. The number of hydrogen-bond acceptors (Lipinski definition) is 4. The molecule has 1 atom stereocenters. The van der Waals surface area contributed by atoms with Crippen LogP contribution < -0.4 is 11.1 Å². The Morgan fingerprint density at radius 1 is 0.906 bits per heavy atom. The largest absolute Gasteiger partial charge is 0.506 e. The van der Waals surface area contributed by atoms with Crippen molar-refractivity contribution in [3.05, 3.63) is 105 Å². The highest BCUT2D eigenvalue weighted by Gasteiger charge is 2.17. The molecule has 0 saturated carbocycles. The molecule has 0 aliphatic carbocycles. The SMILES string of the molecule is N=Cc1cc(Br)c(O)c(Br)c1.NC(=O)C(Nc1ccc2ccccc2c1)c1ccccc1. The van der Waals surface area contributed by atoms with Gasteiger partial charge in [-0.3, -0.25) is 4.79 Å². The van der Waals surface area contributed by atoms with Crippen molar-refractivity contribution in [2.75, 3.05) is 5.32 Å². The van der Waals surface area contributed by atoms with Gasteiger partial charge in [0, 0.05) is 11.9 Å². The molecule has 4 rings (SSSR count). The summed E-state index contributed by atoms with van der Waals surface area (Å²) in [6.45, 7) is 0. The summed E-state index contributed by atoms with van der Waals surface area (Å²) in [7, 11) is 0. The van der Waals surface area contributed by atoms with Gasteiger partial charge in [-0.05, 0) is 78.0 Å². The molecule has 5 nitrogen and oxygen atoms in total. The number of carbonyl (C=O) groups is 1. The fourth-order valence-electron chi connectivity index (χ4n) is 3.08. The molecule has 7 heteroatoms. The normalized spacial score (nSPS) is 11.2. The summed E-state index contributed by atoms with van der Waals surface area (Å²) >= 11 is 6.31. The van der Waals surface area contributed by atoms with E-state index in [2.05, 4.69) is 43.2 Å². The monoisotopic (exact) mass is 553 g/mol. The lowest BCUT2D eigenvalue weighted by molar-refractivity contribution is -0.118. The lowest BCUT2D eigenvalue weighted by Gasteiger charge is -2.17. The molecule has 1 amide bonds. The summed E-state index contributed by atoms with van der Waals surface area (Å²) in [6, 6.07) is 26.4. The summed E-state index contributed by atoms with van der Waals surface area (Å²) in [5.74, 6) is -0.232. The van der Waals surface area contributed by atoms with Crippen molar-refractivity contribution < 1.29 is 9.90 Å². The van der Waals surface area contributed by atoms with Gasteiger partial charge in [0.05, 0.1) is 8.95 Å². The van der Waals surface area contributed by atoms with E-state index in [1.165, 1.54) is 11.6 Å². The number of phenols is 1. The molecule has 1 unspecified atom stereocenters. The number of hydrogen-bond donors (Lipinski definition) is 4. The van der Waals surface area contributed by atoms with E-state index in [4.69, 9.17) is 11.1 Å². The Morgan fingerprint density at radius 3 is 2.09 bits per heavy atom. The van der Waals surface area contributed by atoms with Gasteiger partial charge in [-0.25, -0.2) is 0 Å². The summed E-state index contributed by atoms with van der Waals surface area (Å²) in [6.07, 6.45) is 1.22. The zero-order valence-corrected chi connectivity index (χ0v) is 20.1. The standard InChI is InChI=1S/C18H16N2O.C7H5Br2NO/c19-18(21)17(14-7-2-1-3-8-14)20-16-11-10-13-6-4-5-9-15(13)12-16;8-5-1-4(3-10)2-6(9)7(5)11/h1-12,17,20H,(H2,19,21);1-3,10-11H. The fraction of sp³-hybridized carbons (Fsp3) is 0.0400. The molecule has 0 aliphatic rings. The van der Waals surface area contributed by atoms with Crippen LogP contribution in [0.4, 0.5) is 5.69 Å². The maximum absolute atomic E-state index is 11.7. The molecule has 0 saturated heterocycles. The van der Waals surface area contributed by atoms with Gasteiger partial charge < -0.3 is 21.6 Å². The topological polar surface area (TPSA) is 99.2 Å². The van der Waals surface area contributed by atoms with E-state index in [9.17, 15) is 9.90 Å². The number of anilines is 1. The van der Waals surface area contributed by atoms with Crippen LogP contribution in [-0.4, -0.2) is 17.2 Å². The predicted octanol–water partition coefficient (Wildman–Crippen LogP) is 6.39. The summed E-state index contributed by atoms with van der Waals surface area (Å²) in [5.41, 5.74) is 8.00. The zero-order valence-electron chi connectivity index (χ0n) is 16.9. The first-order valence-electron chi connectivity index (χ1n) is 9.67. The second-order valence-corrected chi connectivity index (χ2v) is 8.64. The van der Waals surface area contributed by atoms with Crippen molar-refractivity contribution in [2.24, 2.45) is 5.73 Å². The maximum atomic E-state index is 11.7. The maximum Gasteiger partial charge on any atom is 0.244 e. The Hall–Kier alpha value is -3.16. The minimum absolute atomic E-state index is 0.163. The van der Waals surface area contributed by atoms with Gasteiger partial charge in [-0.15, -0.1) is 0 Å². The third-order valence-corrected chi connectivity index (χ3v) is 5.89. The first kappa shape index (κ1) is 23.5. The van der Waals surface area contributed by atoms with Crippen LogP contribution in [0.5, 0.6) is 5.75 Å². The van der Waals surface area contributed by atoms with Crippen LogP contribution in [0.25, 0.3) is 10.8 Å². The lowest BCUT2D eigenvalue weighted by atomic mass is 10.1. The van der Waals surface area contributed by atoms with E-state index in [1.807, 2.05) is 66.7 Å². The molecule has 0 spiro atoms. The number of primary amides is 1. The van der Waals surface area contributed by atoms with Crippen molar-refractivity contribution in [3.8, 4) is 5.75 Å². The molecule has 0 radical (unpaired) electrons. The third kappa shape index (κ3) is 5.96. The molecular weight excluding hydrogens is 534 g/mol. The van der Waals surface area contributed by atoms with Crippen LogP contribution in [0.3, 0.4) is 0 Å². The number of phenolic OH excluding ortho intramolecular Hbond substituents is 1. The number of benzene rings is 4. The Kier molecular flexibility index (Phi) is 8.03. The number of halogens is 2. The highest BCUT2D eigenvalue weighted by Crippen LogP contribution is 2.32. The van der Waals surface area contributed by atoms with Crippen molar-refractivity contribution >= 4 is 60.4 Å². The van der Waals surface area contributed by atoms with Crippen LogP contribution in [0, 0.1) is 5.41 Å². The smallest absolute Gasteiger partial charge is 0.244 e. The molecule has 5 N–H and O–H groups in total. The fourth-order valence-corrected chi connectivity index (χ4v) is 4.30. The van der Waals surface area contributed by atoms with Crippen LogP contribution in [0.1, 0.15) is 17.2 Å². The second-order valence-electron chi connectivity index (χ2n) is 6.93. The molecular formula is C25H21Br2N3O2. The van der Waals surface area contributed by atoms with Gasteiger partial charge in [-0.2, -0.15) is 0 Å². The van der Waals surface area contributed by atoms with Crippen molar-refractivity contribution in [3.63, 3.8) is 0 Å². The number of fused-ring (bicyclic) bond motifs is 1. The molecule has 0 fully saturated rings. The van der Waals surface area contributed by atoms with E-state index in [0.29, 0.717) is 8.95 Å². The Labute approximate surface area is 203 Å². The van der Waals surface area contributed by atoms with E-state index >= 15 is 0 Å². The first-order valence-corrected chi connectivity index (χ1v) is 11.3. The van der Waals surface area contributed by atoms with Crippen LogP contribution in [0.2, 0.25) is 0 Å². The Balaban J connectivity index is 0.000000222. The summed E-state index contributed by atoms with van der Waals surface area (Å²) in [4.78, 5) is 11.7. The predicted molar refractivity (Wildman–Crippen MR) is 137 cm³/mol. The molecule has 0 aromatic heterocycles. The van der Waals surface area contributed by atoms with Crippen LogP contribution in [0.15, 0.2) is 93.9 Å². The van der Waals surface area contributed by atoms with Gasteiger partial charge in [0.2, 0.25) is 5.91 Å². The average molecular weight is 555 g/mol. The quantitative estimate of drug-likeness (QED) is 0.215. The minimum atomic E-state index is -0.535. The molecule has 4 aromatic carbocycles. The molecule has 32 heavy (non-hydrogen) atoms. The van der Waals surface area contributed by atoms with Gasteiger partial charge in [-0.1, -0.05) is 60.7 Å². The van der Waals surface area contributed by atoms with Crippen molar-refractivity contribution in [1.82, 2.24) is 0 Å². The van der Waals surface area contributed by atoms with E-state index in [1.54, 1.807) is 12.1 Å². The highest BCUT2D eigenvalue weighted by atomic mass is 79.9. The van der Waals surface area contributed by atoms with E-state index in [-0.39, 0.29) is 5.75 Å². The van der Waals surface area contributed by atoms with Gasteiger partial charge >= 0.3 is 0 Å². The minimum Gasteiger partial charge on any atom is -0.506 e. The van der Waals surface area contributed by atoms with E-state index in [0.717, 1.165) is 22.2 Å². The third-order valence-electron chi connectivity index (χ3n) is 4.68. The number of carbonyl (C=O) groups excluding carboxylic acids is 1. The number of amides is 1. The van der Waals surface area contributed by atoms with Gasteiger partial charge in [0.1, 0.15) is 11.8 Å². The van der Waals surface area contributed by atoms with Crippen LogP contribution >= 0.6 is 31.9 Å². The number of nitrogens with two attached hydrogens (primary N) is 1. The van der Waals surface area contributed by atoms with Gasteiger partial charge in [0.25, 0.3) is 0 Å². The highest BCUT2D eigenvalue weighted by molar-refractivity contribution is 9.11. The van der Waals surface area contributed by atoms with Gasteiger partial charge in [0.15, 0.2) is 0 Å². The molecule has 0 bridgehead atoms. The second kappa shape index (κ2) is 10.9. The van der Waals surface area contributed by atoms with Crippen molar-refractivity contribution in [2.45, 2.75) is 6.04 Å². The molecule has 162 valence electrons. The summed E-state index contributed by atoms with van der Waals surface area (Å²) < 4.78 is 1.18. The molecule has 0 heterocycles. The Morgan fingerprint density at radius 2 is 1.50 bits per heavy atom. The van der Waals surface area contributed by atoms with E-state index < -0.39 is 11.9 Å².